The summed E-state index contributed by atoms with van der Waals surface area (Å²) in [6.07, 6.45) is 3.56. The van der Waals surface area contributed by atoms with Gasteiger partial charge in [-0.3, -0.25) is 9.59 Å². The summed E-state index contributed by atoms with van der Waals surface area (Å²) in [5.41, 5.74) is 0. The predicted molar refractivity (Wildman–Crippen MR) is 151 cm³/mol. The Morgan fingerprint density at radius 2 is 1.85 bits per heavy atom. The van der Waals surface area contributed by atoms with Crippen LogP contribution in [0.25, 0.3) is 6.08 Å². The Balaban J connectivity index is 1.33. The second-order valence-electron chi connectivity index (χ2n) is 9.25. The topological polar surface area (TPSA) is 133 Å². The summed E-state index contributed by atoms with van der Waals surface area (Å²) in [7, 11) is -7.72. The van der Waals surface area contributed by atoms with E-state index in [1.54, 1.807) is 29.2 Å². The van der Waals surface area contributed by atoms with Crippen molar-refractivity contribution in [3.63, 3.8) is 0 Å². The van der Waals surface area contributed by atoms with Crippen LogP contribution in [-0.4, -0.2) is 76.7 Å². The number of likely N-dealkylation sites (tertiary alicyclic amines) is 2. The zero-order valence-corrected chi connectivity index (χ0v) is 24.7. The quantitative estimate of drug-likeness (QED) is 0.413. The lowest BCUT2D eigenvalue weighted by atomic mass is 10.1. The fourth-order valence-corrected chi connectivity index (χ4v) is 8.02. The molecule has 2 N–H and O–H groups in total. The number of sulfonamides is 2. The van der Waals surface area contributed by atoms with Crippen LogP contribution in [0, 0.1) is 0 Å². The Kier molecular flexibility index (Phi) is 9.74. The van der Waals surface area contributed by atoms with Gasteiger partial charge in [0.1, 0.15) is 6.04 Å². The van der Waals surface area contributed by atoms with Gasteiger partial charge in [-0.1, -0.05) is 29.3 Å². The van der Waals surface area contributed by atoms with Gasteiger partial charge >= 0.3 is 0 Å². The number of hydrogen-bond donors (Lipinski definition) is 2. The molecule has 0 radical (unpaired) electrons. The van der Waals surface area contributed by atoms with E-state index in [0.29, 0.717) is 53.0 Å². The van der Waals surface area contributed by atoms with Gasteiger partial charge in [0, 0.05) is 41.0 Å². The molecule has 2 amide bonds. The lowest BCUT2D eigenvalue weighted by molar-refractivity contribution is -0.143. The number of rotatable bonds is 10. The minimum Gasteiger partial charge on any atom is -0.337 e. The monoisotopic (exact) mass is 634 g/mol. The number of nitrogens with one attached hydrogen (secondary N) is 2. The Bertz CT molecular complexity index is 1460. The van der Waals surface area contributed by atoms with E-state index in [-0.39, 0.29) is 29.9 Å². The van der Waals surface area contributed by atoms with E-state index in [9.17, 15) is 26.4 Å². The highest BCUT2D eigenvalue weighted by Crippen LogP contribution is 2.23. The molecule has 0 spiro atoms. The number of carbonyl (C=O) groups is 2. The number of piperidine rings is 1. The highest BCUT2D eigenvalue weighted by molar-refractivity contribution is 7.92. The van der Waals surface area contributed by atoms with Gasteiger partial charge < -0.3 is 9.80 Å². The molecule has 2 atom stereocenters. The predicted octanol–water partition coefficient (Wildman–Crippen LogP) is 2.91. The molecule has 10 nitrogen and oxygen atoms in total. The number of thiophene rings is 1. The van der Waals surface area contributed by atoms with Crippen molar-refractivity contribution in [2.75, 3.05) is 26.2 Å². The molecule has 1 aromatic carbocycles. The molecule has 2 aromatic rings. The Labute approximate surface area is 242 Å². The van der Waals surface area contributed by atoms with Crippen molar-refractivity contribution in [1.82, 2.24) is 19.2 Å². The summed E-state index contributed by atoms with van der Waals surface area (Å²) in [5.74, 6) is -0.783. The first-order valence-electron chi connectivity index (χ1n) is 12.2. The van der Waals surface area contributed by atoms with Crippen molar-refractivity contribution < 1.29 is 26.4 Å². The van der Waals surface area contributed by atoms with Crippen molar-refractivity contribution in [3.05, 3.63) is 56.0 Å². The molecule has 0 saturated carbocycles. The Morgan fingerprint density at radius 3 is 2.56 bits per heavy atom. The van der Waals surface area contributed by atoms with Gasteiger partial charge in [0.2, 0.25) is 31.9 Å². The van der Waals surface area contributed by atoms with Crippen molar-refractivity contribution in [2.45, 2.75) is 42.7 Å². The molecular formula is C24H28Cl2N4O6S3. The smallest absolute Gasteiger partial charge is 0.242 e. The van der Waals surface area contributed by atoms with E-state index in [1.807, 2.05) is 0 Å². The van der Waals surface area contributed by atoms with Gasteiger partial charge in [0.25, 0.3) is 0 Å². The summed E-state index contributed by atoms with van der Waals surface area (Å²) in [6, 6.07) is 7.91. The third kappa shape index (κ3) is 8.03. The van der Waals surface area contributed by atoms with Crippen LogP contribution >= 0.6 is 34.5 Å². The number of amides is 2. The summed E-state index contributed by atoms with van der Waals surface area (Å²) in [5, 5.41) is 1.29. The molecule has 0 aliphatic carbocycles. The van der Waals surface area contributed by atoms with E-state index >= 15 is 0 Å². The highest BCUT2D eigenvalue weighted by Gasteiger charge is 2.35. The van der Waals surface area contributed by atoms with Gasteiger partial charge in [-0.25, -0.2) is 21.6 Å². The standard InChI is InChI=1S/C24H28Cl2N4O6S3/c25-17-4-1-6-20(14-17)39(35,36)27-15-18-5-2-12-30(18)23(31)16-29-11-3-7-21(24(29)32)28-38(33,34)13-10-19-8-9-22(26)37-19/h1,4,6,8-10,13-14,18,21,27-28H,2-3,5,7,11-12,15-16H2/t18-,21-/m0/s1. The maximum absolute atomic E-state index is 13.1. The molecule has 0 unspecified atom stereocenters. The minimum absolute atomic E-state index is 0.0265. The van der Waals surface area contributed by atoms with Crippen LogP contribution in [0.1, 0.15) is 30.6 Å². The summed E-state index contributed by atoms with van der Waals surface area (Å²) in [4.78, 5) is 29.8. The van der Waals surface area contributed by atoms with Crippen LogP contribution in [0.4, 0.5) is 0 Å². The first-order valence-corrected chi connectivity index (χ1v) is 16.8. The van der Waals surface area contributed by atoms with Crippen LogP contribution in [0.15, 0.2) is 46.7 Å². The van der Waals surface area contributed by atoms with Crippen LogP contribution < -0.4 is 9.44 Å². The van der Waals surface area contributed by atoms with Gasteiger partial charge in [0.15, 0.2) is 0 Å². The molecule has 2 aliphatic rings. The van der Waals surface area contributed by atoms with Crippen molar-refractivity contribution in [2.24, 2.45) is 0 Å². The maximum atomic E-state index is 13.1. The van der Waals surface area contributed by atoms with E-state index < -0.39 is 32.0 Å². The highest BCUT2D eigenvalue weighted by atomic mass is 35.5. The third-order valence-corrected chi connectivity index (χ3v) is 10.4. The zero-order chi connectivity index (χ0) is 28.2. The molecule has 15 heteroatoms. The van der Waals surface area contributed by atoms with Crippen molar-refractivity contribution >= 4 is 72.5 Å². The number of benzene rings is 1. The van der Waals surface area contributed by atoms with E-state index in [4.69, 9.17) is 23.2 Å². The summed E-state index contributed by atoms with van der Waals surface area (Å²) >= 11 is 13.0. The molecule has 4 rings (SSSR count). The van der Waals surface area contributed by atoms with Gasteiger partial charge in [-0.05, 0) is 62.1 Å². The second-order valence-corrected chi connectivity index (χ2v) is 14.8. The lowest BCUT2D eigenvalue weighted by Crippen LogP contribution is -2.55. The van der Waals surface area contributed by atoms with Crippen LogP contribution in [0.2, 0.25) is 9.36 Å². The molecule has 2 aliphatic heterocycles. The fourth-order valence-electron chi connectivity index (χ4n) is 4.57. The molecule has 39 heavy (non-hydrogen) atoms. The maximum Gasteiger partial charge on any atom is 0.242 e. The van der Waals surface area contributed by atoms with Crippen LogP contribution in [0.3, 0.4) is 0 Å². The Morgan fingerprint density at radius 1 is 1.08 bits per heavy atom. The average molecular weight is 636 g/mol. The average Bonchev–Trinajstić information content (AvgIpc) is 3.53. The fraction of sp³-hybridized carbons (Fsp3) is 0.417. The minimum atomic E-state index is -3.91. The second kappa shape index (κ2) is 12.7. The molecule has 3 heterocycles. The molecule has 2 saturated heterocycles. The number of halogens is 2. The zero-order valence-electron chi connectivity index (χ0n) is 20.8. The van der Waals surface area contributed by atoms with Crippen LogP contribution in [-0.2, 0) is 29.6 Å². The first kappa shape index (κ1) is 30.0. The number of nitrogens with zero attached hydrogens (tertiary/aromatic N) is 2. The molecule has 212 valence electrons. The van der Waals surface area contributed by atoms with E-state index in [2.05, 4.69) is 9.44 Å². The van der Waals surface area contributed by atoms with Gasteiger partial charge in [-0.2, -0.15) is 4.72 Å². The normalized spacial score (nSPS) is 20.7. The van der Waals surface area contributed by atoms with Crippen molar-refractivity contribution in [1.29, 1.82) is 0 Å². The van der Waals surface area contributed by atoms with Crippen molar-refractivity contribution in [3.8, 4) is 0 Å². The van der Waals surface area contributed by atoms with Crippen LogP contribution in [0.5, 0.6) is 0 Å². The lowest BCUT2D eigenvalue weighted by Gasteiger charge is -2.34. The Hall–Kier alpha value is -2.00. The molecule has 2 fully saturated rings. The van der Waals surface area contributed by atoms with E-state index in [0.717, 1.165) is 5.41 Å². The summed E-state index contributed by atoms with van der Waals surface area (Å²) in [6.45, 7) is 0.584. The largest absolute Gasteiger partial charge is 0.337 e. The van der Waals surface area contributed by atoms with Gasteiger partial charge in [-0.15, -0.1) is 11.3 Å². The molecular weight excluding hydrogens is 607 g/mol. The number of hydrogen-bond acceptors (Lipinski definition) is 7. The summed E-state index contributed by atoms with van der Waals surface area (Å²) < 4.78 is 55.9. The SMILES string of the molecule is O=C1[C@@H](NS(=O)(=O)C=Cc2ccc(Cl)s2)CCCN1CC(=O)N1CCC[C@H]1CNS(=O)(=O)c1cccc(Cl)c1. The third-order valence-electron chi connectivity index (χ3n) is 6.48. The van der Waals surface area contributed by atoms with Gasteiger partial charge in [0.05, 0.1) is 15.8 Å². The number of carbonyl (C=O) groups excluding carboxylic acids is 2. The molecule has 1 aromatic heterocycles. The van der Waals surface area contributed by atoms with E-state index in [1.165, 1.54) is 34.4 Å². The first-order chi connectivity index (χ1) is 18.4. The molecule has 0 bridgehead atoms.